The smallest absolute Gasteiger partial charge is 0.225 e. The van der Waals surface area contributed by atoms with Gasteiger partial charge in [0.25, 0.3) is 0 Å². The summed E-state index contributed by atoms with van der Waals surface area (Å²) >= 11 is 0. The normalized spacial score (nSPS) is 12.9. The molecule has 2 atom stereocenters. The second-order valence-corrected chi connectivity index (χ2v) is 7.18. The lowest BCUT2D eigenvalue weighted by Gasteiger charge is -2.19. The van der Waals surface area contributed by atoms with Gasteiger partial charge in [-0.2, -0.15) is 4.98 Å². The van der Waals surface area contributed by atoms with E-state index in [0.29, 0.717) is 53.7 Å². The van der Waals surface area contributed by atoms with Crippen LogP contribution in [-0.4, -0.2) is 53.1 Å². The van der Waals surface area contributed by atoms with Crippen LogP contribution in [0.15, 0.2) is 36.5 Å². The van der Waals surface area contributed by atoms with Crippen LogP contribution < -0.4 is 20.1 Å². The highest BCUT2D eigenvalue weighted by Crippen LogP contribution is 2.26. The molecule has 0 saturated carbocycles. The van der Waals surface area contributed by atoms with Crippen molar-refractivity contribution in [1.82, 2.24) is 15.0 Å². The second kappa shape index (κ2) is 10.7. The van der Waals surface area contributed by atoms with Crippen molar-refractivity contribution >= 4 is 22.8 Å². The van der Waals surface area contributed by atoms with Crippen LogP contribution in [0, 0.1) is 0 Å². The summed E-state index contributed by atoms with van der Waals surface area (Å²) in [5, 5.41) is 16.1. The number of rotatable bonds is 11. The molecule has 8 nitrogen and oxygen atoms in total. The summed E-state index contributed by atoms with van der Waals surface area (Å²) in [5.74, 6) is 2.28. The summed E-state index contributed by atoms with van der Waals surface area (Å²) in [6, 6.07) is 8.87. The van der Waals surface area contributed by atoms with E-state index in [2.05, 4.69) is 25.6 Å². The molecule has 166 valence electrons. The molecule has 2 aromatic heterocycles. The Morgan fingerprint density at radius 2 is 1.97 bits per heavy atom. The molecular weight excluding hydrogens is 401 g/mol. The fourth-order valence-corrected chi connectivity index (χ4v) is 3.15. The van der Waals surface area contributed by atoms with Gasteiger partial charge in [0.1, 0.15) is 17.0 Å². The van der Waals surface area contributed by atoms with Gasteiger partial charge >= 0.3 is 0 Å². The number of methoxy groups -OCH3 is 2. The minimum absolute atomic E-state index is 0.142. The lowest BCUT2D eigenvalue weighted by Crippen LogP contribution is -2.25. The van der Waals surface area contributed by atoms with Crippen molar-refractivity contribution in [3.8, 4) is 11.5 Å². The van der Waals surface area contributed by atoms with E-state index in [1.165, 1.54) is 6.92 Å². The number of aliphatic hydroxyl groups excluding tert-OH is 1. The Balaban J connectivity index is 1.83. The Kier molecular flexibility index (Phi) is 7.77. The molecule has 0 aliphatic carbocycles. The topological polar surface area (TPSA) is 101 Å². The monoisotopic (exact) mass is 429 g/mol. The minimum Gasteiger partial charge on any atom is -0.497 e. The molecule has 0 radical (unpaired) electrons. The standard InChI is InChI=1S/C22H28FN5O3/c1-14(23)6-8-16(13-29)26-21-20-18(5-4-10-24-20)27-22(28-21)25-12-15-7-9-17(30-2)11-19(15)31-3/h4-5,7,9-11,14,16,29H,6,8,12-13H2,1-3H3,(H2,25,26,27,28)/t14?,16-/m1/s1. The van der Waals surface area contributed by atoms with Gasteiger partial charge in [0.05, 0.1) is 38.6 Å². The van der Waals surface area contributed by atoms with Crippen molar-refractivity contribution in [3.05, 3.63) is 42.1 Å². The Labute approximate surface area is 180 Å². The average molecular weight is 429 g/mol. The van der Waals surface area contributed by atoms with Crippen LogP contribution >= 0.6 is 0 Å². The molecule has 0 spiro atoms. The van der Waals surface area contributed by atoms with Crippen LogP contribution in [0.2, 0.25) is 0 Å². The van der Waals surface area contributed by atoms with Gasteiger partial charge in [-0.05, 0) is 44.0 Å². The Morgan fingerprint density at radius 1 is 1.13 bits per heavy atom. The first kappa shape index (κ1) is 22.5. The first-order valence-electron chi connectivity index (χ1n) is 10.1. The first-order chi connectivity index (χ1) is 15.0. The van der Waals surface area contributed by atoms with Crippen LogP contribution in [0.3, 0.4) is 0 Å². The number of ether oxygens (including phenoxy) is 2. The number of aliphatic hydroxyl groups is 1. The zero-order valence-electron chi connectivity index (χ0n) is 17.9. The third-order valence-corrected chi connectivity index (χ3v) is 4.86. The molecule has 9 heteroatoms. The minimum atomic E-state index is -0.937. The van der Waals surface area contributed by atoms with Crippen LogP contribution in [-0.2, 0) is 6.54 Å². The van der Waals surface area contributed by atoms with Gasteiger partial charge in [-0.25, -0.2) is 9.37 Å². The average Bonchev–Trinajstić information content (AvgIpc) is 2.79. The maximum Gasteiger partial charge on any atom is 0.225 e. The van der Waals surface area contributed by atoms with Gasteiger partial charge in [-0.15, -0.1) is 0 Å². The summed E-state index contributed by atoms with van der Waals surface area (Å²) in [4.78, 5) is 13.5. The Bertz CT molecular complexity index is 1000. The highest BCUT2D eigenvalue weighted by atomic mass is 19.1. The van der Waals surface area contributed by atoms with E-state index in [9.17, 15) is 9.50 Å². The second-order valence-electron chi connectivity index (χ2n) is 7.18. The predicted molar refractivity (Wildman–Crippen MR) is 119 cm³/mol. The Morgan fingerprint density at radius 3 is 2.68 bits per heavy atom. The van der Waals surface area contributed by atoms with E-state index in [4.69, 9.17) is 9.47 Å². The van der Waals surface area contributed by atoms with Gasteiger partial charge in [0.15, 0.2) is 5.82 Å². The molecule has 0 aliphatic heterocycles. The van der Waals surface area contributed by atoms with Crippen molar-refractivity contribution < 1.29 is 19.0 Å². The number of hydrogen-bond donors (Lipinski definition) is 3. The summed E-state index contributed by atoms with van der Waals surface area (Å²) in [5.41, 5.74) is 2.15. The number of fused-ring (bicyclic) bond motifs is 1. The molecule has 0 aliphatic rings. The molecular formula is C22H28FN5O3. The third-order valence-electron chi connectivity index (χ3n) is 4.86. The lowest BCUT2D eigenvalue weighted by atomic mass is 10.1. The number of alkyl halides is 1. The number of nitrogens with one attached hydrogen (secondary N) is 2. The zero-order valence-corrected chi connectivity index (χ0v) is 17.9. The molecule has 31 heavy (non-hydrogen) atoms. The van der Waals surface area contributed by atoms with E-state index >= 15 is 0 Å². The van der Waals surface area contributed by atoms with Crippen LogP contribution in [0.4, 0.5) is 16.2 Å². The molecule has 0 fully saturated rings. The van der Waals surface area contributed by atoms with Gasteiger partial charge in [-0.3, -0.25) is 4.98 Å². The van der Waals surface area contributed by atoms with Crippen LogP contribution in [0.1, 0.15) is 25.3 Å². The summed E-state index contributed by atoms with van der Waals surface area (Å²) in [6.45, 7) is 1.80. The number of hydrogen-bond acceptors (Lipinski definition) is 8. The number of nitrogens with zero attached hydrogens (tertiary/aromatic N) is 3. The van der Waals surface area contributed by atoms with Gasteiger partial charge in [0, 0.05) is 24.4 Å². The number of anilines is 2. The SMILES string of the molecule is COc1ccc(CNc2nc(N[C@@H](CO)CCC(C)F)c3ncccc3n2)c(OC)c1. The van der Waals surface area contributed by atoms with Crippen LogP contribution in [0.5, 0.6) is 11.5 Å². The molecule has 0 bridgehead atoms. The predicted octanol–water partition coefficient (Wildman–Crippen LogP) is 3.57. The highest BCUT2D eigenvalue weighted by Gasteiger charge is 2.15. The molecule has 3 N–H and O–H groups in total. The quantitative estimate of drug-likeness (QED) is 0.425. The van der Waals surface area contributed by atoms with Crippen molar-refractivity contribution in [2.75, 3.05) is 31.5 Å². The van der Waals surface area contributed by atoms with Gasteiger partial charge in [0.2, 0.25) is 5.95 Å². The summed E-state index contributed by atoms with van der Waals surface area (Å²) < 4.78 is 23.9. The fraction of sp³-hybridized carbons (Fsp3) is 0.409. The van der Waals surface area contributed by atoms with Gasteiger partial charge in [-0.1, -0.05) is 0 Å². The number of halogens is 1. The third kappa shape index (κ3) is 5.91. The fourth-order valence-electron chi connectivity index (χ4n) is 3.15. The van der Waals surface area contributed by atoms with E-state index < -0.39 is 6.17 Å². The highest BCUT2D eigenvalue weighted by molar-refractivity contribution is 5.86. The molecule has 0 amide bonds. The lowest BCUT2D eigenvalue weighted by molar-refractivity contribution is 0.252. The van der Waals surface area contributed by atoms with Crippen molar-refractivity contribution in [2.24, 2.45) is 0 Å². The number of benzene rings is 1. The van der Waals surface area contributed by atoms with E-state index in [0.717, 1.165) is 5.56 Å². The van der Waals surface area contributed by atoms with E-state index in [1.54, 1.807) is 26.5 Å². The maximum absolute atomic E-state index is 13.2. The maximum atomic E-state index is 13.2. The van der Waals surface area contributed by atoms with E-state index in [1.807, 2.05) is 24.3 Å². The largest absolute Gasteiger partial charge is 0.497 e. The summed E-state index contributed by atoms with van der Waals surface area (Å²) in [6.07, 6.45) is 1.53. The summed E-state index contributed by atoms with van der Waals surface area (Å²) in [7, 11) is 3.21. The van der Waals surface area contributed by atoms with Gasteiger partial charge < -0.3 is 25.2 Å². The Hall–Kier alpha value is -3.20. The number of aromatic nitrogens is 3. The molecule has 3 rings (SSSR count). The molecule has 0 saturated heterocycles. The van der Waals surface area contributed by atoms with Crippen molar-refractivity contribution in [1.29, 1.82) is 0 Å². The van der Waals surface area contributed by atoms with Crippen molar-refractivity contribution in [3.63, 3.8) is 0 Å². The van der Waals surface area contributed by atoms with E-state index in [-0.39, 0.29) is 12.6 Å². The molecule has 2 heterocycles. The molecule has 1 unspecified atom stereocenters. The molecule has 3 aromatic rings. The van der Waals surface area contributed by atoms with Crippen LogP contribution in [0.25, 0.3) is 11.0 Å². The molecule has 1 aromatic carbocycles. The number of pyridine rings is 1. The first-order valence-corrected chi connectivity index (χ1v) is 10.1. The zero-order chi connectivity index (χ0) is 22.2. The van der Waals surface area contributed by atoms with Crippen molar-refractivity contribution in [2.45, 2.75) is 38.5 Å².